The van der Waals surface area contributed by atoms with E-state index >= 15 is 0 Å². The topological polar surface area (TPSA) is 128 Å². The van der Waals surface area contributed by atoms with Crippen LogP contribution in [-0.2, 0) is 23.1 Å². The third-order valence-electron chi connectivity index (χ3n) is 6.18. The zero-order valence-electron chi connectivity index (χ0n) is 18.2. The van der Waals surface area contributed by atoms with E-state index in [1.165, 1.54) is 0 Å². The number of nitrogens with one attached hydrogen (secondary N) is 1. The van der Waals surface area contributed by atoms with Gasteiger partial charge in [-0.3, -0.25) is 9.78 Å². The molecule has 0 radical (unpaired) electrons. The summed E-state index contributed by atoms with van der Waals surface area (Å²) in [6.45, 7) is 0.225. The fraction of sp³-hybridized carbons (Fsp3) is 0.591. The van der Waals surface area contributed by atoms with E-state index in [-0.39, 0.29) is 24.7 Å². The van der Waals surface area contributed by atoms with Crippen LogP contribution in [0.25, 0.3) is 11.4 Å². The van der Waals surface area contributed by atoms with Crippen LogP contribution in [0.1, 0.15) is 57.1 Å². The lowest BCUT2D eigenvalue weighted by molar-refractivity contribution is -0.143. The van der Waals surface area contributed by atoms with Crippen molar-refractivity contribution in [3.05, 3.63) is 24.0 Å². The fourth-order valence-electron chi connectivity index (χ4n) is 4.39. The number of hydrogen-bond donors (Lipinski definition) is 2. The molecule has 2 N–H and O–H groups in total. The van der Waals surface area contributed by atoms with Crippen molar-refractivity contribution < 1.29 is 24.2 Å². The molecular weight excluding hydrogens is 414 g/mol. The second-order valence-corrected chi connectivity index (χ2v) is 8.49. The van der Waals surface area contributed by atoms with Gasteiger partial charge < -0.3 is 19.9 Å². The molecule has 2 fully saturated rings. The van der Waals surface area contributed by atoms with Crippen molar-refractivity contribution in [3.8, 4) is 17.1 Å². The Morgan fingerprint density at radius 3 is 2.66 bits per heavy atom. The smallest absolute Gasteiger partial charge is 0.407 e. The van der Waals surface area contributed by atoms with E-state index in [9.17, 15) is 14.7 Å². The third kappa shape index (κ3) is 5.35. The molecule has 2 aliphatic carbocycles. The van der Waals surface area contributed by atoms with Gasteiger partial charge in [-0.25, -0.2) is 9.48 Å². The molecule has 10 heteroatoms. The van der Waals surface area contributed by atoms with E-state index < -0.39 is 12.1 Å². The van der Waals surface area contributed by atoms with Crippen molar-refractivity contribution in [2.75, 3.05) is 0 Å². The quantitative estimate of drug-likeness (QED) is 0.668. The van der Waals surface area contributed by atoms with Gasteiger partial charge in [-0.2, -0.15) is 0 Å². The van der Waals surface area contributed by atoms with Gasteiger partial charge in [0.2, 0.25) is 0 Å². The molecule has 10 nitrogen and oxygen atoms in total. The highest BCUT2D eigenvalue weighted by Crippen LogP contribution is 2.29. The number of pyridine rings is 1. The molecule has 0 bridgehead atoms. The fourth-order valence-corrected chi connectivity index (χ4v) is 4.39. The average Bonchev–Trinajstić information content (AvgIpc) is 3.42. The van der Waals surface area contributed by atoms with Crippen LogP contribution >= 0.6 is 0 Å². The highest BCUT2D eigenvalue weighted by Gasteiger charge is 2.28. The molecule has 0 saturated heterocycles. The number of hydrogen-bond acceptors (Lipinski definition) is 7. The van der Waals surface area contributed by atoms with E-state index in [2.05, 4.69) is 20.6 Å². The Morgan fingerprint density at radius 1 is 1.16 bits per heavy atom. The third-order valence-corrected chi connectivity index (χ3v) is 6.18. The first-order valence-electron chi connectivity index (χ1n) is 11.2. The van der Waals surface area contributed by atoms with Crippen molar-refractivity contribution in [3.63, 3.8) is 0 Å². The highest BCUT2D eigenvalue weighted by molar-refractivity contribution is 5.70. The predicted octanol–water partition coefficient (Wildman–Crippen LogP) is 3.07. The minimum Gasteiger partial charge on any atom is -0.489 e. The largest absolute Gasteiger partial charge is 0.489 e. The molecular formula is C22H29N5O5. The lowest BCUT2D eigenvalue weighted by Crippen LogP contribution is -2.29. The van der Waals surface area contributed by atoms with E-state index in [1.54, 1.807) is 30.1 Å². The number of aromatic nitrogens is 4. The van der Waals surface area contributed by atoms with Crippen LogP contribution < -0.4 is 10.1 Å². The van der Waals surface area contributed by atoms with Crippen LogP contribution in [0.3, 0.4) is 0 Å². The second-order valence-electron chi connectivity index (χ2n) is 8.49. The number of alkyl carbamates (subject to hydrolysis) is 1. The summed E-state index contributed by atoms with van der Waals surface area (Å²) in [6.07, 6.45) is 7.97. The lowest BCUT2D eigenvalue weighted by atomic mass is 9.87. The normalized spacial score (nSPS) is 21.3. The standard InChI is InChI=1S/C22H29N5O5/c1-27-19(13-24-22(30)32-15-6-2-3-7-15)20(25-26-27)18-10-9-17(12-23-18)31-16-8-4-5-14(11-16)21(28)29/h9-10,12,14-16H,2-8,11,13H2,1H3,(H,24,30)(H,28,29)/t14-,16-/m0/s1. The Morgan fingerprint density at radius 2 is 1.94 bits per heavy atom. The van der Waals surface area contributed by atoms with Gasteiger partial charge in [0.25, 0.3) is 0 Å². The Balaban J connectivity index is 1.36. The first-order chi connectivity index (χ1) is 15.5. The number of carboxylic acid groups (broad SMARTS) is 1. The molecule has 2 aliphatic rings. The van der Waals surface area contributed by atoms with Crippen LogP contribution in [0.5, 0.6) is 5.75 Å². The summed E-state index contributed by atoms with van der Waals surface area (Å²) in [5, 5.41) is 20.3. The van der Waals surface area contributed by atoms with Crippen molar-refractivity contribution in [2.24, 2.45) is 13.0 Å². The molecule has 4 rings (SSSR count). The van der Waals surface area contributed by atoms with Gasteiger partial charge in [-0.15, -0.1) is 5.10 Å². The molecule has 0 aromatic carbocycles. The number of ether oxygens (including phenoxy) is 2. The number of carbonyl (C=O) groups is 2. The van der Waals surface area contributed by atoms with E-state index in [1.807, 2.05) is 0 Å². The number of rotatable bonds is 7. The average molecular weight is 444 g/mol. The van der Waals surface area contributed by atoms with Gasteiger partial charge in [0.1, 0.15) is 17.5 Å². The summed E-state index contributed by atoms with van der Waals surface area (Å²) < 4.78 is 13.0. The molecule has 2 atom stereocenters. The molecule has 32 heavy (non-hydrogen) atoms. The number of nitrogens with zero attached hydrogens (tertiary/aromatic N) is 4. The summed E-state index contributed by atoms with van der Waals surface area (Å²) >= 11 is 0. The van der Waals surface area contributed by atoms with Gasteiger partial charge in [0.05, 0.1) is 36.2 Å². The zero-order valence-corrected chi connectivity index (χ0v) is 18.2. The van der Waals surface area contributed by atoms with E-state index in [0.29, 0.717) is 35.7 Å². The molecule has 1 amide bonds. The molecule has 0 aliphatic heterocycles. The van der Waals surface area contributed by atoms with Crippen molar-refractivity contribution >= 4 is 12.1 Å². The van der Waals surface area contributed by atoms with E-state index in [4.69, 9.17) is 9.47 Å². The number of carbonyl (C=O) groups excluding carboxylic acids is 1. The van der Waals surface area contributed by atoms with E-state index in [0.717, 1.165) is 38.5 Å². The Bertz CT molecular complexity index is 939. The monoisotopic (exact) mass is 443 g/mol. The van der Waals surface area contributed by atoms with Crippen molar-refractivity contribution in [1.29, 1.82) is 0 Å². The van der Waals surface area contributed by atoms with Gasteiger partial charge in [0.15, 0.2) is 0 Å². The molecule has 172 valence electrons. The number of aryl methyl sites for hydroxylation is 1. The summed E-state index contributed by atoms with van der Waals surface area (Å²) in [7, 11) is 1.76. The Labute approximate surface area is 186 Å². The Hall–Kier alpha value is -3.17. The number of amides is 1. The van der Waals surface area contributed by atoms with Crippen LogP contribution in [0.4, 0.5) is 4.79 Å². The first-order valence-corrected chi connectivity index (χ1v) is 11.2. The molecule has 0 spiro atoms. The highest BCUT2D eigenvalue weighted by atomic mass is 16.6. The molecule has 0 unspecified atom stereocenters. The predicted molar refractivity (Wildman–Crippen MR) is 114 cm³/mol. The van der Waals surface area contributed by atoms with Crippen LogP contribution in [0.15, 0.2) is 18.3 Å². The van der Waals surface area contributed by atoms with Gasteiger partial charge in [-0.05, 0) is 63.5 Å². The maximum atomic E-state index is 12.1. The second kappa shape index (κ2) is 9.97. The van der Waals surface area contributed by atoms with Gasteiger partial charge >= 0.3 is 12.1 Å². The Kier molecular flexibility index (Phi) is 6.87. The van der Waals surface area contributed by atoms with Crippen molar-refractivity contribution in [2.45, 2.75) is 70.1 Å². The summed E-state index contributed by atoms with van der Waals surface area (Å²) in [4.78, 5) is 27.8. The van der Waals surface area contributed by atoms with Crippen LogP contribution in [0, 0.1) is 5.92 Å². The van der Waals surface area contributed by atoms with Gasteiger partial charge in [0, 0.05) is 7.05 Å². The lowest BCUT2D eigenvalue weighted by Gasteiger charge is -2.27. The van der Waals surface area contributed by atoms with Gasteiger partial charge in [-0.1, -0.05) is 5.21 Å². The summed E-state index contributed by atoms with van der Waals surface area (Å²) in [5.74, 6) is -0.521. The molecule has 2 saturated carbocycles. The maximum Gasteiger partial charge on any atom is 0.407 e. The summed E-state index contributed by atoms with van der Waals surface area (Å²) in [5.41, 5.74) is 1.90. The minimum atomic E-state index is -0.761. The summed E-state index contributed by atoms with van der Waals surface area (Å²) in [6, 6.07) is 3.59. The SMILES string of the molecule is Cn1nnc(-c2ccc(O[C@H]3CCC[C@H](C(=O)O)C3)cn2)c1CNC(=O)OC1CCCC1. The number of carboxylic acids is 1. The molecule has 2 heterocycles. The maximum absolute atomic E-state index is 12.1. The zero-order chi connectivity index (χ0) is 22.5. The molecule has 2 aromatic heterocycles. The van der Waals surface area contributed by atoms with Crippen molar-refractivity contribution in [1.82, 2.24) is 25.3 Å². The minimum absolute atomic E-state index is 0.00304. The van der Waals surface area contributed by atoms with Crippen LogP contribution in [0.2, 0.25) is 0 Å². The first kappa shape index (κ1) is 22.0. The van der Waals surface area contributed by atoms with Crippen LogP contribution in [-0.4, -0.2) is 49.4 Å². The number of aliphatic carboxylic acids is 1. The molecule has 2 aromatic rings.